The van der Waals surface area contributed by atoms with Gasteiger partial charge in [0.25, 0.3) is 5.91 Å². The van der Waals surface area contributed by atoms with E-state index in [1.807, 2.05) is 0 Å². The van der Waals surface area contributed by atoms with Crippen molar-refractivity contribution in [2.24, 2.45) is 0 Å². The molecule has 1 aliphatic heterocycles. The molecule has 10 heteroatoms. The Morgan fingerprint density at radius 3 is 1.97 bits per heavy atom. The molecule has 1 N–H and O–H groups in total. The zero-order valence-electron chi connectivity index (χ0n) is 14.9. The highest BCUT2D eigenvalue weighted by Gasteiger charge is 2.32. The minimum atomic E-state index is -4.61. The minimum absolute atomic E-state index is 0.0772. The lowest BCUT2D eigenvalue weighted by molar-refractivity contribution is -0.138. The van der Waals surface area contributed by atoms with Crippen LogP contribution in [0.5, 0.6) is 0 Å². The molecule has 0 aliphatic carbocycles. The Balaban J connectivity index is 1.90. The first kappa shape index (κ1) is 21.0. The second-order valence-corrected chi connectivity index (χ2v) is 6.36. The SMILES string of the molecule is O=C(Nc1cc(C(F)(F)F)ccc1N1CCOCC1)c1ccc(C(F)(F)F)cc1. The van der Waals surface area contributed by atoms with Gasteiger partial charge in [-0.05, 0) is 42.5 Å². The van der Waals surface area contributed by atoms with Crippen LogP contribution in [0.2, 0.25) is 0 Å². The normalized spacial score (nSPS) is 15.3. The molecule has 0 unspecified atom stereocenters. The molecule has 1 heterocycles. The van der Waals surface area contributed by atoms with Crippen LogP contribution in [0, 0.1) is 0 Å². The van der Waals surface area contributed by atoms with Gasteiger partial charge in [-0.3, -0.25) is 4.79 Å². The molecule has 3 rings (SSSR count). The summed E-state index contributed by atoms with van der Waals surface area (Å²) >= 11 is 0. The maximum atomic E-state index is 13.1. The monoisotopic (exact) mass is 418 g/mol. The van der Waals surface area contributed by atoms with E-state index in [0.29, 0.717) is 32.0 Å². The molecule has 0 aromatic heterocycles. The number of carbonyl (C=O) groups excluding carboxylic acids is 1. The zero-order valence-corrected chi connectivity index (χ0v) is 14.9. The number of nitrogens with one attached hydrogen (secondary N) is 1. The van der Waals surface area contributed by atoms with Gasteiger partial charge in [-0.1, -0.05) is 0 Å². The van der Waals surface area contributed by atoms with Crippen molar-refractivity contribution >= 4 is 17.3 Å². The molecule has 0 saturated carbocycles. The number of hydrogen-bond acceptors (Lipinski definition) is 3. The van der Waals surface area contributed by atoms with Gasteiger partial charge in [0, 0.05) is 18.7 Å². The lowest BCUT2D eigenvalue weighted by Crippen LogP contribution is -2.36. The zero-order chi connectivity index (χ0) is 21.2. The number of carbonyl (C=O) groups is 1. The third kappa shape index (κ3) is 5.00. The van der Waals surface area contributed by atoms with Crippen LogP contribution in [-0.2, 0) is 17.1 Å². The second-order valence-electron chi connectivity index (χ2n) is 6.36. The molecule has 29 heavy (non-hydrogen) atoms. The van der Waals surface area contributed by atoms with Crippen molar-refractivity contribution < 1.29 is 35.9 Å². The van der Waals surface area contributed by atoms with Gasteiger partial charge in [0.1, 0.15) is 0 Å². The minimum Gasteiger partial charge on any atom is -0.378 e. The summed E-state index contributed by atoms with van der Waals surface area (Å²) in [5.41, 5.74) is -1.68. The van der Waals surface area contributed by atoms with E-state index in [-0.39, 0.29) is 11.3 Å². The summed E-state index contributed by atoms with van der Waals surface area (Å²) in [6.07, 6.45) is -9.17. The van der Waals surface area contributed by atoms with E-state index in [1.165, 1.54) is 6.07 Å². The van der Waals surface area contributed by atoms with E-state index < -0.39 is 29.4 Å². The summed E-state index contributed by atoms with van der Waals surface area (Å²) in [6.45, 7) is 1.61. The lowest BCUT2D eigenvalue weighted by Gasteiger charge is -2.31. The molecule has 4 nitrogen and oxygen atoms in total. The summed E-state index contributed by atoms with van der Waals surface area (Å²) in [6, 6.07) is 6.41. The molecule has 0 atom stereocenters. The fourth-order valence-corrected chi connectivity index (χ4v) is 2.90. The number of amides is 1. The van der Waals surface area contributed by atoms with Crippen LogP contribution in [0.25, 0.3) is 0 Å². The van der Waals surface area contributed by atoms with Crippen molar-refractivity contribution in [1.82, 2.24) is 0 Å². The first-order valence-electron chi connectivity index (χ1n) is 8.58. The highest BCUT2D eigenvalue weighted by Crippen LogP contribution is 2.36. The molecule has 2 aromatic rings. The predicted molar refractivity (Wildman–Crippen MR) is 93.9 cm³/mol. The van der Waals surface area contributed by atoms with Crippen molar-refractivity contribution in [2.75, 3.05) is 36.5 Å². The van der Waals surface area contributed by atoms with Gasteiger partial charge in [-0.2, -0.15) is 26.3 Å². The highest BCUT2D eigenvalue weighted by atomic mass is 19.4. The van der Waals surface area contributed by atoms with Gasteiger partial charge in [0.15, 0.2) is 0 Å². The number of nitrogens with zero attached hydrogens (tertiary/aromatic N) is 1. The van der Waals surface area contributed by atoms with Crippen LogP contribution in [0.15, 0.2) is 42.5 Å². The number of halogens is 6. The van der Waals surface area contributed by atoms with Crippen LogP contribution < -0.4 is 10.2 Å². The maximum absolute atomic E-state index is 13.1. The molecule has 2 aromatic carbocycles. The lowest BCUT2D eigenvalue weighted by atomic mass is 10.1. The van der Waals surface area contributed by atoms with Gasteiger partial charge in [0.05, 0.1) is 35.7 Å². The quantitative estimate of drug-likeness (QED) is 0.728. The van der Waals surface area contributed by atoms with Crippen LogP contribution in [0.3, 0.4) is 0 Å². The molecule has 1 fully saturated rings. The average molecular weight is 418 g/mol. The summed E-state index contributed by atoms with van der Waals surface area (Å²) < 4.78 is 82.5. The Hall–Kier alpha value is -2.75. The Morgan fingerprint density at radius 1 is 0.862 bits per heavy atom. The second kappa shape index (κ2) is 7.94. The van der Waals surface area contributed by atoms with Crippen molar-refractivity contribution in [3.05, 3.63) is 59.2 Å². The van der Waals surface area contributed by atoms with Gasteiger partial charge in [0.2, 0.25) is 0 Å². The molecular formula is C19H16F6N2O2. The Kier molecular flexibility index (Phi) is 5.74. The predicted octanol–water partition coefficient (Wildman–Crippen LogP) is 4.81. The summed E-state index contributed by atoms with van der Waals surface area (Å²) in [5, 5.41) is 2.39. The number of alkyl halides is 6. The maximum Gasteiger partial charge on any atom is 0.416 e. The first-order valence-corrected chi connectivity index (χ1v) is 8.58. The van der Waals surface area contributed by atoms with Crippen LogP contribution in [0.1, 0.15) is 21.5 Å². The topological polar surface area (TPSA) is 41.6 Å². The van der Waals surface area contributed by atoms with Crippen LogP contribution in [-0.4, -0.2) is 32.2 Å². The Morgan fingerprint density at radius 2 is 1.41 bits per heavy atom. The third-order valence-electron chi connectivity index (χ3n) is 4.40. The number of morpholine rings is 1. The fraction of sp³-hybridized carbons (Fsp3) is 0.316. The number of ether oxygens (including phenoxy) is 1. The van der Waals surface area contributed by atoms with Crippen molar-refractivity contribution in [2.45, 2.75) is 12.4 Å². The molecule has 0 radical (unpaired) electrons. The van der Waals surface area contributed by atoms with Crippen molar-refractivity contribution in [3.63, 3.8) is 0 Å². The standard InChI is InChI=1S/C19H16F6N2O2/c20-18(21,22)13-3-1-12(2-4-13)17(28)26-15-11-14(19(23,24)25)5-6-16(15)27-7-9-29-10-8-27/h1-6,11H,7-10H2,(H,26,28). The Bertz CT molecular complexity index is 872. The largest absolute Gasteiger partial charge is 0.416 e. The van der Waals surface area contributed by atoms with Crippen LogP contribution in [0.4, 0.5) is 37.7 Å². The molecule has 1 amide bonds. The Labute approximate surface area is 162 Å². The number of hydrogen-bond donors (Lipinski definition) is 1. The summed E-state index contributed by atoms with van der Waals surface area (Å²) in [7, 11) is 0. The first-order chi connectivity index (χ1) is 13.6. The number of rotatable bonds is 3. The summed E-state index contributed by atoms with van der Waals surface area (Å²) in [4.78, 5) is 14.2. The molecule has 156 valence electrons. The van der Waals surface area contributed by atoms with E-state index in [2.05, 4.69) is 5.32 Å². The van der Waals surface area contributed by atoms with Gasteiger partial charge in [-0.15, -0.1) is 0 Å². The van der Waals surface area contributed by atoms with Crippen LogP contribution >= 0.6 is 0 Å². The van der Waals surface area contributed by atoms with Gasteiger partial charge in [-0.25, -0.2) is 0 Å². The van der Waals surface area contributed by atoms with E-state index in [1.54, 1.807) is 4.90 Å². The van der Waals surface area contributed by atoms with Gasteiger partial charge < -0.3 is 15.0 Å². The van der Waals surface area contributed by atoms with E-state index in [9.17, 15) is 31.1 Å². The van der Waals surface area contributed by atoms with Crippen molar-refractivity contribution in [1.29, 1.82) is 0 Å². The smallest absolute Gasteiger partial charge is 0.378 e. The van der Waals surface area contributed by atoms with Crippen molar-refractivity contribution in [3.8, 4) is 0 Å². The molecule has 1 aliphatic rings. The number of benzene rings is 2. The molecule has 0 bridgehead atoms. The highest BCUT2D eigenvalue weighted by molar-refractivity contribution is 6.06. The van der Waals surface area contributed by atoms with Gasteiger partial charge >= 0.3 is 12.4 Å². The average Bonchev–Trinajstić information content (AvgIpc) is 2.67. The molecule has 1 saturated heterocycles. The third-order valence-corrected chi connectivity index (χ3v) is 4.40. The van der Waals surface area contributed by atoms with E-state index in [4.69, 9.17) is 4.74 Å². The summed E-state index contributed by atoms with van der Waals surface area (Å²) in [5.74, 6) is -0.812. The fourth-order valence-electron chi connectivity index (χ4n) is 2.90. The number of anilines is 2. The molecular weight excluding hydrogens is 402 g/mol. The van der Waals surface area contributed by atoms with E-state index in [0.717, 1.165) is 36.4 Å². The molecule has 0 spiro atoms. The van der Waals surface area contributed by atoms with E-state index >= 15 is 0 Å².